The van der Waals surface area contributed by atoms with Crippen LogP contribution in [0.5, 0.6) is 0 Å². The minimum Gasteiger partial charge on any atom is -0.383 e. The van der Waals surface area contributed by atoms with E-state index in [0.29, 0.717) is 24.9 Å². The molecule has 0 saturated carbocycles. The molecule has 2 atom stereocenters. The Morgan fingerprint density at radius 1 is 1.29 bits per heavy atom. The molecule has 2 unspecified atom stereocenters. The fourth-order valence-electron chi connectivity index (χ4n) is 2.46. The molecule has 0 aromatic heterocycles. The van der Waals surface area contributed by atoms with E-state index in [4.69, 9.17) is 0 Å². The minimum atomic E-state index is -3.61. The number of hydrogen-bond donors (Lipinski definition) is 1. The van der Waals surface area contributed by atoms with Crippen molar-refractivity contribution < 1.29 is 13.3 Å². The third kappa shape index (κ3) is 2.86. The highest BCUT2D eigenvalue weighted by molar-refractivity contribution is 7.89. The van der Waals surface area contributed by atoms with Crippen LogP contribution < -0.4 is 5.32 Å². The molecular weight excluding hydrogens is 294 g/mol. The van der Waals surface area contributed by atoms with Gasteiger partial charge in [0.15, 0.2) is 0 Å². The van der Waals surface area contributed by atoms with Crippen LogP contribution in [0.4, 0.5) is 11.4 Å². The molecular formula is C13H19N3O4S. The van der Waals surface area contributed by atoms with E-state index >= 15 is 0 Å². The average Bonchev–Trinajstić information content (AvgIpc) is 2.78. The van der Waals surface area contributed by atoms with Crippen LogP contribution in [-0.4, -0.2) is 37.8 Å². The van der Waals surface area contributed by atoms with Crippen molar-refractivity contribution in [2.45, 2.75) is 18.7 Å². The van der Waals surface area contributed by atoms with Gasteiger partial charge in [-0.1, -0.05) is 13.8 Å². The summed E-state index contributed by atoms with van der Waals surface area (Å²) in [7, 11) is -2.08. The summed E-state index contributed by atoms with van der Waals surface area (Å²) in [6, 6.07) is 3.84. The lowest BCUT2D eigenvalue weighted by Crippen LogP contribution is -2.29. The normalized spacial score (nSPS) is 23.2. The maximum absolute atomic E-state index is 12.6. The lowest BCUT2D eigenvalue weighted by atomic mass is 10.0. The third-order valence-corrected chi connectivity index (χ3v) is 5.85. The fraction of sp³-hybridized carbons (Fsp3) is 0.538. The summed E-state index contributed by atoms with van der Waals surface area (Å²) in [4.78, 5) is 10.4. The van der Waals surface area contributed by atoms with Crippen molar-refractivity contribution in [3.63, 3.8) is 0 Å². The Morgan fingerprint density at radius 2 is 1.86 bits per heavy atom. The Bertz CT molecular complexity index is 649. The second-order valence-electron chi connectivity index (χ2n) is 5.46. The Balaban J connectivity index is 2.39. The van der Waals surface area contributed by atoms with Crippen LogP contribution in [0.2, 0.25) is 0 Å². The number of nitro groups is 1. The molecule has 0 spiro atoms. The summed E-state index contributed by atoms with van der Waals surface area (Å²) < 4.78 is 26.7. The molecule has 1 aliphatic rings. The Hall–Kier alpha value is -1.67. The van der Waals surface area contributed by atoms with Gasteiger partial charge in [-0.25, -0.2) is 8.42 Å². The number of sulfonamides is 1. The van der Waals surface area contributed by atoms with Crippen molar-refractivity contribution in [1.29, 1.82) is 0 Å². The van der Waals surface area contributed by atoms with Crippen molar-refractivity contribution in [1.82, 2.24) is 4.31 Å². The molecule has 0 amide bonds. The van der Waals surface area contributed by atoms with E-state index in [0.717, 1.165) is 0 Å². The first kappa shape index (κ1) is 15.7. The summed E-state index contributed by atoms with van der Waals surface area (Å²) in [5.74, 6) is 0.614. The topological polar surface area (TPSA) is 92.6 Å². The van der Waals surface area contributed by atoms with Gasteiger partial charge in [-0.05, 0) is 24.0 Å². The average molecular weight is 313 g/mol. The molecule has 2 rings (SSSR count). The van der Waals surface area contributed by atoms with Gasteiger partial charge in [-0.15, -0.1) is 0 Å². The second-order valence-corrected chi connectivity index (χ2v) is 7.40. The number of anilines is 1. The van der Waals surface area contributed by atoms with Crippen LogP contribution in [-0.2, 0) is 10.0 Å². The van der Waals surface area contributed by atoms with Gasteiger partial charge in [0.2, 0.25) is 10.0 Å². The summed E-state index contributed by atoms with van der Waals surface area (Å²) >= 11 is 0. The molecule has 1 aromatic carbocycles. The molecule has 116 valence electrons. The van der Waals surface area contributed by atoms with Gasteiger partial charge in [0, 0.05) is 26.2 Å². The molecule has 0 radical (unpaired) electrons. The lowest BCUT2D eigenvalue weighted by Gasteiger charge is -2.16. The maximum atomic E-state index is 12.6. The maximum Gasteiger partial charge on any atom is 0.292 e. The second kappa shape index (κ2) is 5.61. The molecule has 8 heteroatoms. The first-order chi connectivity index (χ1) is 9.77. The van der Waals surface area contributed by atoms with E-state index in [-0.39, 0.29) is 16.3 Å². The first-order valence-electron chi connectivity index (χ1n) is 6.73. The minimum absolute atomic E-state index is 0.0822. The molecule has 7 nitrogen and oxygen atoms in total. The lowest BCUT2D eigenvalue weighted by molar-refractivity contribution is -0.384. The number of nitrogens with one attached hydrogen (secondary N) is 1. The molecule has 1 saturated heterocycles. The Morgan fingerprint density at radius 3 is 2.33 bits per heavy atom. The standard InChI is InChI=1S/C13H19N3O4S/c1-9-7-15(8-10(9)2)21(19,20)11-4-5-13(16(17)18)12(6-11)14-3/h4-6,9-10,14H,7-8H2,1-3H3. The van der Waals surface area contributed by atoms with Gasteiger partial charge >= 0.3 is 0 Å². The van der Waals surface area contributed by atoms with E-state index in [2.05, 4.69) is 5.32 Å². The number of rotatable bonds is 4. The molecule has 1 heterocycles. The van der Waals surface area contributed by atoms with E-state index in [1.54, 1.807) is 0 Å². The van der Waals surface area contributed by atoms with Gasteiger partial charge in [0.05, 0.1) is 9.82 Å². The smallest absolute Gasteiger partial charge is 0.292 e. The van der Waals surface area contributed by atoms with Crippen LogP contribution in [0.25, 0.3) is 0 Å². The van der Waals surface area contributed by atoms with Crippen LogP contribution in [0.3, 0.4) is 0 Å². The van der Waals surface area contributed by atoms with Gasteiger partial charge in [0.1, 0.15) is 5.69 Å². The van der Waals surface area contributed by atoms with Gasteiger partial charge in [-0.2, -0.15) is 4.31 Å². The highest BCUT2D eigenvalue weighted by Gasteiger charge is 2.35. The number of nitrogens with zero attached hydrogens (tertiary/aromatic N) is 2. The summed E-state index contributed by atoms with van der Waals surface area (Å²) in [5, 5.41) is 13.6. The Kier molecular flexibility index (Phi) is 4.20. The summed E-state index contributed by atoms with van der Waals surface area (Å²) in [6.07, 6.45) is 0. The summed E-state index contributed by atoms with van der Waals surface area (Å²) in [5.41, 5.74) is 0.0565. The van der Waals surface area contributed by atoms with Gasteiger partial charge < -0.3 is 5.32 Å². The molecule has 0 bridgehead atoms. The zero-order valence-corrected chi connectivity index (χ0v) is 13.1. The van der Waals surface area contributed by atoms with Crippen molar-refractivity contribution in [2.24, 2.45) is 11.8 Å². The SMILES string of the molecule is CNc1cc(S(=O)(=O)N2CC(C)C(C)C2)ccc1[N+](=O)[O-]. The number of hydrogen-bond acceptors (Lipinski definition) is 5. The molecule has 1 N–H and O–H groups in total. The van der Waals surface area contributed by atoms with Crippen LogP contribution >= 0.6 is 0 Å². The van der Waals surface area contributed by atoms with Crippen molar-refractivity contribution in [2.75, 3.05) is 25.5 Å². The molecule has 0 aliphatic carbocycles. The predicted molar refractivity (Wildman–Crippen MR) is 79.7 cm³/mol. The van der Waals surface area contributed by atoms with Gasteiger partial charge in [0.25, 0.3) is 5.69 Å². The zero-order chi connectivity index (χ0) is 15.8. The fourth-order valence-corrected chi connectivity index (χ4v) is 4.12. The third-order valence-electron chi connectivity index (χ3n) is 4.03. The molecule has 1 aromatic rings. The van der Waals surface area contributed by atoms with Crippen molar-refractivity contribution in [3.05, 3.63) is 28.3 Å². The number of nitro benzene ring substituents is 1. The van der Waals surface area contributed by atoms with Crippen LogP contribution in [0.15, 0.2) is 23.1 Å². The quantitative estimate of drug-likeness (QED) is 0.677. The zero-order valence-electron chi connectivity index (χ0n) is 12.2. The van der Waals surface area contributed by atoms with E-state index in [1.807, 2.05) is 13.8 Å². The largest absolute Gasteiger partial charge is 0.383 e. The molecule has 1 aliphatic heterocycles. The Labute approximate surface area is 124 Å². The van der Waals surface area contributed by atoms with Crippen molar-refractivity contribution in [3.8, 4) is 0 Å². The first-order valence-corrected chi connectivity index (χ1v) is 8.17. The number of benzene rings is 1. The molecule has 1 fully saturated rings. The van der Waals surface area contributed by atoms with Crippen LogP contribution in [0.1, 0.15) is 13.8 Å². The van der Waals surface area contributed by atoms with E-state index in [9.17, 15) is 18.5 Å². The summed E-state index contributed by atoms with van der Waals surface area (Å²) in [6.45, 7) is 5.01. The monoisotopic (exact) mass is 313 g/mol. The van der Waals surface area contributed by atoms with Crippen LogP contribution in [0, 0.1) is 22.0 Å². The highest BCUT2D eigenvalue weighted by Crippen LogP contribution is 2.31. The molecule has 21 heavy (non-hydrogen) atoms. The van der Waals surface area contributed by atoms with E-state index in [1.165, 1.54) is 29.6 Å². The van der Waals surface area contributed by atoms with Gasteiger partial charge in [-0.3, -0.25) is 10.1 Å². The van der Waals surface area contributed by atoms with Crippen molar-refractivity contribution >= 4 is 21.4 Å². The highest BCUT2D eigenvalue weighted by atomic mass is 32.2. The van der Waals surface area contributed by atoms with E-state index < -0.39 is 14.9 Å². The predicted octanol–water partition coefficient (Wildman–Crippen LogP) is 1.91.